The molecule has 0 N–H and O–H groups in total. The van der Waals surface area contributed by atoms with Gasteiger partial charge in [0, 0.05) is 17.8 Å². The van der Waals surface area contributed by atoms with Crippen molar-refractivity contribution in [3.8, 4) is 45.5 Å². The van der Waals surface area contributed by atoms with Gasteiger partial charge < -0.3 is 13.9 Å². The van der Waals surface area contributed by atoms with Gasteiger partial charge in [-0.25, -0.2) is 9.67 Å². The summed E-state index contributed by atoms with van der Waals surface area (Å²) in [6.07, 6.45) is 3.65. The normalized spacial score (nSPS) is 11.8. The highest BCUT2D eigenvalue weighted by molar-refractivity contribution is 6.74. The Hall–Kier alpha value is -4.36. The molecule has 7 heteroatoms. The molecule has 0 aliphatic heterocycles. The molecule has 0 radical (unpaired) electrons. The number of rotatable bonds is 9. The van der Waals surface area contributed by atoms with E-state index < -0.39 is 8.32 Å². The zero-order valence-corrected chi connectivity index (χ0v) is 25.6. The molecule has 3 aromatic carbocycles. The van der Waals surface area contributed by atoms with Crippen molar-refractivity contribution in [1.29, 1.82) is 0 Å². The number of nitrogens with zero attached hydrogens (tertiary/aromatic N) is 3. The van der Waals surface area contributed by atoms with E-state index in [0.29, 0.717) is 12.5 Å². The van der Waals surface area contributed by atoms with Crippen molar-refractivity contribution >= 4 is 8.32 Å². The van der Waals surface area contributed by atoms with Crippen LogP contribution in [0.1, 0.15) is 26.3 Å². The quantitative estimate of drug-likeness (QED) is 0.168. The van der Waals surface area contributed by atoms with E-state index in [1.807, 2.05) is 71.5 Å². The second kappa shape index (κ2) is 11.6. The predicted octanol–water partition coefficient (Wildman–Crippen LogP) is 8.57. The van der Waals surface area contributed by atoms with E-state index in [4.69, 9.17) is 18.9 Å². The van der Waals surface area contributed by atoms with Gasteiger partial charge in [0.25, 0.3) is 0 Å². The van der Waals surface area contributed by atoms with Crippen molar-refractivity contribution in [2.24, 2.45) is 0 Å². The summed E-state index contributed by atoms with van der Waals surface area (Å²) >= 11 is 0. The van der Waals surface area contributed by atoms with E-state index in [1.54, 1.807) is 13.3 Å². The molecule has 0 bridgehead atoms. The van der Waals surface area contributed by atoms with E-state index in [2.05, 4.69) is 69.3 Å². The van der Waals surface area contributed by atoms with Crippen molar-refractivity contribution in [3.05, 3.63) is 109 Å². The lowest BCUT2D eigenvalue weighted by Crippen LogP contribution is -2.43. The molecule has 41 heavy (non-hydrogen) atoms. The van der Waals surface area contributed by atoms with Crippen LogP contribution in [-0.4, -0.2) is 30.2 Å². The van der Waals surface area contributed by atoms with E-state index in [9.17, 15) is 0 Å². The first-order valence-electron chi connectivity index (χ1n) is 13.8. The number of benzene rings is 3. The highest BCUT2D eigenvalue weighted by Crippen LogP contribution is 2.38. The maximum atomic E-state index is 6.50. The lowest BCUT2D eigenvalue weighted by Gasteiger charge is -2.36. The Morgan fingerprint density at radius 2 is 1.56 bits per heavy atom. The number of hydrogen-bond acceptors (Lipinski definition) is 5. The van der Waals surface area contributed by atoms with E-state index in [0.717, 1.165) is 45.1 Å². The van der Waals surface area contributed by atoms with Crippen LogP contribution in [0.3, 0.4) is 0 Å². The molecule has 210 valence electrons. The summed E-state index contributed by atoms with van der Waals surface area (Å²) in [4.78, 5) is 4.80. The van der Waals surface area contributed by atoms with E-state index >= 15 is 0 Å². The first-order chi connectivity index (χ1) is 19.6. The molecule has 0 saturated carbocycles. The van der Waals surface area contributed by atoms with Crippen LogP contribution in [0.5, 0.6) is 17.4 Å². The van der Waals surface area contributed by atoms with Gasteiger partial charge in [-0.2, -0.15) is 5.10 Å². The molecule has 0 unspecified atom stereocenters. The Bertz CT molecular complexity index is 1610. The third kappa shape index (κ3) is 6.36. The highest BCUT2D eigenvalue weighted by atomic mass is 28.4. The van der Waals surface area contributed by atoms with Crippen LogP contribution in [0, 0.1) is 0 Å². The minimum atomic E-state index is -1.93. The standard InChI is InChI=1S/C34H37N3O3Si/c1-34(2,3)41(5,6)40-29-17-15-26(16-18-29)27-21-31(33(35-23-27)39-24-25-11-8-7-9-12-25)32-19-20-36-37(32)28-13-10-14-30(22-28)38-4/h7-23H,24H2,1-6H3. The number of ether oxygens (including phenoxy) is 2. The molecule has 0 aliphatic rings. The van der Waals surface area contributed by atoms with Gasteiger partial charge in [-0.1, -0.05) is 69.3 Å². The SMILES string of the molecule is COc1cccc(-n2nccc2-c2cc(-c3ccc(O[Si](C)(C)C(C)(C)C)cc3)cnc2OCc2ccccc2)c1. The molecule has 0 aliphatic carbocycles. The molecular weight excluding hydrogens is 526 g/mol. The molecule has 2 heterocycles. The molecule has 0 saturated heterocycles. The van der Waals surface area contributed by atoms with E-state index in [1.165, 1.54) is 0 Å². The Labute approximate surface area is 243 Å². The van der Waals surface area contributed by atoms with Crippen molar-refractivity contribution in [3.63, 3.8) is 0 Å². The molecule has 0 spiro atoms. The number of pyridine rings is 1. The van der Waals surface area contributed by atoms with Crippen LogP contribution in [-0.2, 0) is 6.61 Å². The predicted molar refractivity (Wildman–Crippen MR) is 167 cm³/mol. The fourth-order valence-corrected chi connectivity index (χ4v) is 5.28. The first kappa shape index (κ1) is 28.2. The molecule has 0 amide bonds. The Morgan fingerprint density at radius 3 is 2.27 bits per heavy atom. The molecule has 2 aromatic heterocycles. The number of methoxy groups -OCH3 is 1. The average Bonchev–Trinajstić information content (AvgIpc) is 3.46. The summed E-state index contributed by atoms with van der Waals surface area (Å²) in [6, 6.07) is 30.3. The van der Waals surface area contributed by atoms with Gasteiger partial charge in [0.2, 0.25) is 14.2 Å². The van der Waals surface area contributed by atoms with Gasteiger partial charge in [-0.05, 0) is 65.7 Å². The lowest BCUT2D eigenvalue weighted by molar-refractivity contribution is 0.295. The molecule has 5 aromatic rings. The molecule has 0 fully saturated rings. The maximum Gasteiger partial charge on any atom is 0.250 e. The molecule has 5 rings (SSSR count). The van der Waals surface area contributed by atoms with Gasteiger partial charge in [0.15, 0.2) is 0 Å². The first-order valence-corrected chi connectivity index (χ1v) is 16.7. The maximum absolute atomic E-state index is 6.50. The Balaban J connectivity index is 1.52. The third-order valence-electron chi connectivity index (χ3n) is 7.65. The summed E-state index contributed by atoms with van der Waals surface area (Å²) in [6.45, 7) is 11.7. The van der Waals surface area contributed by atoms with Crippen LogP contribution in [0.25, 0.3) is 28.1 Å². The van der Waals surface area contributed by atoms with Gasteiger partial charge in [-0.3, -0.25) is 0 Å². The summed E-state index contributed by atoms with van der Waals surface area (Å²) in [5, 5.41) is 4.76. The van der Waals surface area contributed by atoms with Crippen molar-refractivity contribution in [1.82, 2.24) is 14.8 Å². The lowest BCUT2D eigenvalue weighted by atomic mass is 10.0. The zero-order chi connectivity index (χ0) is 29.0. The highest BCUT2D eigenvalue weighted by Gasteiger charge is 2.38. The summed E-state index contributed by atoms with van der Waals surface area (Å²) < 4.78 is 20.1. The molecule has 6 nitrogen and oxygen atoms in total. The van der Waals surface area contributed by atoms with Crippen LogP contribution in [0.2, 0.25) is 18.1 Å². The largest absolute Gasteiger partial charge is 0.544 e. The number of hydrogen-bond donors (Lipinski definition) is 0. The zero-order valence-electron chi connectivity index (χ0n) is 24.6. The summed E-state index contributed by atoms with van der Waals surface area (Å²) in [7, 11) is -0.264. The average molecular weight is 564 g/mol. The van der Waals surface area contributed by atoms with Gasteiger partial charge in [0.1, 0.15) is 18.1 Å². The van der Waals surface area contributed by atoms with Crippen molar-refractivity contribution < 1.29 is 13.9 Å². The molecular formula is C34H37N3O3Si. The van der Waals surface area contributed by atoms with Gasteiger partial charge in [-0.15, -0.1) is 0 Å². The fraction of sp³-hybridized carbons (Fsp3) is 0.235. The minimum Gasteiger partial charge on any atom is -0.544 e. The molecule has 0 atom stereocenters. The topological polar surface area (TPSA) is 58.4 Å². The van der Waals surface area contributed by atoms with E-state index in [-0.39, 0.29) is 5.04 Å². The fourth-order valence-electron chi connectivity index (χ4n) is 4.25. The second-order valence-electron chi connectivity index (χ2n) is 11.6. The van der Waals surface area contributed by atoms with Crippen LogP contribution in [0.15, 0.2) is 103 Å². The number of aromatic nitrogens is 3. The van der Waals surface area contributed by atoms with Gasteiger partial charge >= 0.3 is 0 Å². The summed E-state index contributed by atoms with van der Waals surface area (Å²) in [5.74, 6) is 2.20. The van der Waals surface area contributed by atoms with Crippen molar-refractivity contribution in [2.75, 3.05) is 7.11 Å². The van der Waals surface area contributed by atoms with Gasteiger partial charge in [0.05, 0.1) is 30.3 Å². The van der Waals surface area contributed by atoms with Crippen LogP contribution >= 0.6 is 0 Å². The monoisotopic (exact) mass is 563 g/mol. The van der Waals surface area contributed by atoms with Crippen LogP contribution < -0.4 is 13.9 Å². The third-order valence-corrected chi connectivity index (χ3v) is 12.0. The van der Waals surface area contributed by atoms with Crippen LogP contribution in [0.4, 0.5) is 0 Å². The van der Waals surface area contributed by atoms with Crippen molar-refractivity contribution in [2.45, 2.75) is 45.5 Å². The summed E-state index contributed by atoms with van der Waals surface area (Å²) in [5.41, 5.74) is 5.69. The Kier molecular flexibility index (Phi) is 7.99. The smallest absolute Gasteiger partial charge is 0.250 e. The second-order valence-corrected chi connectivity index (χ2v) is 16.3. The Morgan fingerprint density at radius 1 is 0.805 bits per heavy atom. The minimum absolute atomic E-state index is 0.131.